The summed E-state index contributed by atoms with van der Waals surface area (Å²) in [4.78, 5) is 0. The van der Waals surface area contributed by atoms with Gasteiger partial charge in [-0.3, -0.25) is 0 Å². The topological polar surface area (TPSA) is 31.6 Å². The number of aryl methyl sites for hydroxylation is 1. The molecule has 0 fully saturated rings. The second kappa shape index (κ2) is 5.36. The summed E-state index contributed by atoms with van der Waals surface area (Å²) >= 11 is 6.43. The first kappa shape index (κ1) is 12.8. The Morgan fingerprint density at radius 1 is 1.11 bits per heavy atom. The molecule has 0 amide bonds. The summed E-state index contributed by atoms with van der Waals surface area (Å²) in [5.74, 6) is 2.97. The first-order valence-electron chi connectivity index (χ1n) is 5.58. The number of hydrogen-bond acceptors (Lipinski definition) is 3. The fourth-order valence-electron chi connectivity index (χ4n) is 1.78. The van der Waals surface area contributed by atoms with Gasteiger partial charge in [-0.2, -0.15) is 0 Å². The molecule has 1 aromatic heterocycles. The van der Waals surface area contributed by atoms with E-state index < -0.39 is 5.38 Å². The molecule has 0 aliphatic rings. The fraction of sp³-hybridized carbons (Fsp3) is 0.286. The zero-order chi connectivity index (χ0) is 13.1. The number of methoxy groups -OCH3 is 2. The van der Waals surface area contributed by atoms with Crippen molar-refractivity contribution in [1.82, 2.24) is 0 Å². The number of rotatable bonds is 4. The van der Waals surface area contributed by atoms with Crippen molar-refractivity contribution >= 4 is 11.6 Å². The van der Waals surface area contributed by atoms with Crippen molar-refractivity contribution < 1.29 is 13.9 Å². The normalized spacial score (nSPS) is 12.2. The molecule has 0 aliphatic heterocycles. The summed E-state index contributed by atoms with van der Waals surface area (Å²) in [6.07, 6.45) is 0. The van der Waals surface area contributed by atoms with Crippen LogP contribution in [0, 0.1) is 6.92 Å². The molecule has 0 radical (unpaired) electrons. The standard InChI is InChI=1S/C14H15ClO3/c1-9-4-6-13(18-9)14(15)11-8-10(16-2)5-7-12(11)17-3/h4-8,14H,1-3H3. The highest BCUT2D eigenvalue weighted by molar-refractivity contribution is 6.22. The molecular weight excluding hydrogens is 252 g/mol. The summed E-state index contributed by atoms with van der Waals surface area (Å²) in [6, 6.07) is 9.27. The average Bonchev–Trinajstić information content (AvgIpc) is 2.83. The van der Waals surface area contributed by atoms with E-state index in [1.807, 2.05) is 37.3 Å². The first-order valence-corrected chi connectivity index (χ1v) is 6.01. The van der Waals surface area contributed by atoms with Crippen molar-refractivity contribution in [2.75, 3.05) is 14.2 Å². The van der Waals surface area contributed by atoms with Gasteiger partial charge in [0, 0.05) is 5.56 Å². The van der Waals surface area contributed by atoms with Crippen molar-refractivity contribution in [3.63, 3.8) is 0 Å². The van der Waals surface area contributed by atoms with Crippen LogP contribution in [0.4, 0.5) is 0 Å². The van der Waals surface area contributed by atoms with Gasteiger partial charge < -0.3 is 13.9 Å². The zero-order valence-electron chi connectivity index (χ0n) is 10.6. The van der Waals surface area contributed by atoms with E-state index in [1.165, 1.54) is 0 Å². The van der Waals surface area contributed by atoms with Crippen LogP contribution in [0.2, 0.25) is 0 Å². The summed E-state index contributed by atoms with van der Waals surface area (Å²) < 4.78 is 16.1. The summed E-state index contributed by atoms with van der Waals surface area (Å²) in [5.41, 5.74) is 0.827. The average molecular weight is 267 g/mol. The molecule has 0 spiro atoms. The van der Waals surface area contributed by atoms with Crippen LogP contribution in [0.15, 0.2) is 34.7 Å². The van der Waals surface area contributed by atoms with Crippen molar-refractivity contribution in [3.8, 4) is 11.5 Å². The van der Waals surface area contributed by atoms with E-state index in [1.54, 1.807) is 14.2 Å². The SMILES string of the molecule is COc1ccc(OC)c(C(Cl)c2ccc(C)o2)c1. The Balaban J connectivity index is 2.41. The minimum absolute atomic E-state index is 0.399. The Bertz CT molecular complexity index is 534. The van der Waals surface area contributed by atoms with E-state index in [-0.39, 0.29) is 0 Å². The van der Waals surface area contributed by atoms with Crippen LogP contribution >= 0.6 is 11.6 Å². The Labute approximate surface area is 111 Å². The molecule has 2 rings (SSSR count). The predicted molar refractivity (Wildman–Crippen MR) is 70.7 cm³/mol. The molecule has 0 saturated carbocycles. The van der Waals surface area contributed by atoms with E-state index >= 15 is 0 Å². The number of ether oxygens (including phenoxy) is 2. The van der Waals surface area contributed by atoms with Crippen molar-refractivity contribution in [2.24, 2.45) is 0 Å². The minimum atomic E-state index is -0.399. The zero-order valence-corrected chi connectivity index (χ0v) is 11.3. The molecule has 0 N–H and O–H groups in total. The third-order valence-corrected chi connectivity index (χ3v) is 3.17. The third-order valence-electron chi connectivity index (χ3n) is 2.72. The van der Waals surface area contributed by atoms with Crippen LogP contribution in [-0.4, -0.2) is 14.2 Å². The summed E-state index contributed by atoms with van der Waals surface area (Å²) in [6.45, 7) is 1.88. The van der Waals surface area contributed by atoms with Crippen LogP contribution in [0.1, 0.15) is 22.5 Å². The largest absolute Gasteiger partial charge is 0.497 e. The van der Waals surface area contributed by atoms with Crippen molar-refractivity contribution in [2.45, 2.75) is 12.3 Å². The van der Waals surface area contributed by atoms with Crippen LogP contribution in [0.5, 0.6) is 11.5 Å². The number of alkyl halides is 1. The summed E-state index contributed by atoms with van der Waals surface area (Å²) in [7, 11) is 3.23. The predicted octanol–water partition coefficient (Wildman–Crippen LogP) is 3.93. The molecule has 4 heteroatoms. The molecule has 18 heavy (non-hydrogen) atoms. The van der Waals surface area contributed by atoms with Gasteiger partial charge in [-0.1, -0.05) is 0 Å². The maximum Gasteiger partial charge on any atom is 0.126 e. The van der Waals surface area contributed by atoms with Gasteiger partial charge in [0.2, 0.25) is 0 Å². The molecule has 3 nitrogen and oxygen atoms in total. The van der Waals surface area contributed by atoms with Crippen LogP contribution in [0.25, 0.3) is 0 Å². The highest BCUT2D eigenvalue weighted by atomic mass is 35.5. The number of furan rings is 1. The molecule has 0 aliphatic carbocycles. The van der Waals surface area contributed by atoms with E-state index in [9.17, 15) is 0 Å². The monoisotopic (exact) mass is 266 g/mol. The third kappa shape index (κ3) is 2.46. The Morgan fingerprint density at radius 2 is 1.89 bits per heavy atom. The van der Waals surface area contributed by atoms with Gasteiger partial charge in [0.1, 0.15) is 28.4 Å². The van der Waals surface area contributed by atoms with Crippen molar-refractivity contribution in [3.05, 3.63) is 47.4 Å². The highest BCUT2D eigenvalue weighted by Crippen LogP contribution is 2.37. The van der Waals surface area contributed by atoms with Gasteiger partial charge in [-0.05, 0) is 37.3 Å². The molecule has 1 aromatic carbocycles. The number of hydrogen-bond donors (Lipinski definition) is 0. The van der Waals surface area contributed by atoms with Gasteiger partial charge in [-0.15, -0.1) is 11.6 Å². The fourth-order valence-corrected chi connectivity index (χ4v) is 2.07. The van der Waals surface area contributed by atoms with Crippen LogP contribution < -0.4 is 9.47 Å². The van der Waals surface area contributed by atoms with Gasteiger partial charge in [0.15, 0.2) is 0 Å². The Morgan fingerprint density at radius 3 is 2.44 bits per heavy atom. The molecule has 0 saturated heterocycles. The Hall–Kier alpha value is -1.61. The maximum absolute atomic E-state index is 6.43. The quantitative estimate of drug-likeness (QED) is 0.786. The van der Waals surface area contributed by atoms with Gasteiger partial charge in [-0.25, -0.2) is 0 Å². The lowest BCUT2D eigenvalue weighted by atomic mass is 10.1. The number of benzene rings is 1. The molecule has 0 bridgehead atoms. The second-order valence-electron chi connectivity index (χ2n) is 3.92. The van der Waals surface area contributed by atoms with E-state index in [2.05, 4.69) is 0 Å². The smallest absolute Gasteiger partial charge is 0.126 e. The molecular formula is C14H15ClO3. The highest BCUT2D eigenvalue weighted by Gasteiger charge is 2.19. The first-order chi connectivity index (χ1) is 8.65. The van der Waals surface area contributed by atoms with E-state index in [4.69, 9.17) is 25.5 Å². The van der Waals surface area contributed by atoms with Crippen LogP contribution in [-0.2, 0) is 0 Å². The van der Waals surface area contributed by atoms with Gasteiger partial charge in [0.05, 0.1) is 14.2 Å². The lowest BCUT2D eigenvalue weighted by Gasteiger charge is -2.13. The lowest BCUT2D eigenvalue weighted by Crippen LogP contribution is -1.97. The maximum atomic E-state index is 6.43. The van der Waals surface area contributed by atoms with Gasteiger partial charge >= 0.3 is 0 Å². The Kier molecular flexibility index (Phi) is 3.82. The van der Waals surface area contributed by atoms with Gasteiger partial charge in [0.25, 0.3) is 0 Å². The minimum Gasteiger partial charge on any atom is -0.497 e. The van der Waals surface area contributed by atoms with Crippen molar-refractivity contribution in [1.29, 1.82) is 0 Å². The van der Waals surface area contributed by atoms with E-state index in [0.717, 1.165) is 17.1 Å². The number of halogens is 1. The lowest BCUT2D eigenvalue weighted by molar-refractivity contribution is 0.397. The second-order valence-corrected chi connectivity index (χ2v) is 4.36. The molecule has 1 unspecified atom stereocenters. The summed E-state index contributed by atoms with van der Waals surface area (Å²) in [5, 5.41) is -0.399. The molecule has 1 heterocycles. The van der Waals surface area contributed by atoms with Crippen LogP contribution in [0.3, 0.4) is 0 Å². The van der Waals surface area contributed by atoms with E-state index in [0.29, 0.717) is 11.5 Å². The molecule has 1 atom stereocenters. The molecule has 96 valence electrons. The molecule has 2 aromatic rings.